The molecule has 0 saturated heterocycles. The van der Waals surface area contributed by atoms with Gasteiger partial charge in [-0.2, -0.15) is 0 Å². The minimum Gasteiger partial charge on any atom is -0.383 e. The summed E-state index contributed by atoms with van der Waals surface area (Å²) in [6.45, 7) is 0. The number of nitrogens with two attached hydrogens (primary N) is 1. The molecule has 1 heterocycles. The number of anilines is 1. The van der Waals surface area contributed by atoms with Crippen molar-refractivity contribution >= 4 is 55.9 Å². The first-order valence-corrected chi connectivity index (χ1v) is 8.09. The molecule has 1 saturated carbocycles. The van der Waals surface area contributed by atoms with Gasteiger partial charge >= 0.3 is 0 Å². The molecule has 0 atom stereocenters. The molecule has 2 aromatic rings. The normalized spacial score (nSPS) is 14.7. The van der Waals surface area contributed by atoms with E-state index in [1.54, 1.807) is 0 Å². The Morgan fingerprint density at radius 1 is 1.32 bits per heavy atom. The molecule has 0 unspecified atom stereocenters. The van der Waals surface area contributed by atoms with Crippen molar-refractivity contribution in [2.45, 2.75) is 18.8 Å². The number of nitrogen functional groups attached to an aromatic ring is 1. The van der Waals surface area contributed by atoms with Crippen LogP contribution in [0, 0.1) is 3.57 Å². The zero-order chi connectivity index (χ0) is 13.6. The standard InChI is InChI=1S/C13H10BrClIN3/c14-8-4-3-7(5-9(8)15)13-18-11(6-1-2-6)10(16)12(17)19-13/h3-6H,1-2H2,(H2,17,18,19). The Morgan fingerprint density at radius 2 is 2.05 bits per heavy atom. The van der Waals surface area contributed by atoms with Gasteiger partial charge in [-0.25, -0.2) is 9.97 Å². The van der Waals surface area contributed by atoms with Crippen LogP contribution in [0.5, 0.6) is 0 Å². The van der Waals surface area contributed by atoms with E-state index in [9.17, 15) is 0 Å². The van der Waals surface area contributed by atoms with Crippen molar-refractivity contribution in [1.82, 2.24) is 9.97 Å². The van der Waals surface area contributed by atoms with Gasteiger partial charge in [0.25, 0.3) is 0 Å². The van der Waals surface area contributed by atoms with E-state index in [2.05, 4.69) is 48.5 Å². The highest BCUT2D eigenvalue weighted by Crippen LogP contribution is 2.42. The maximum Gasteiger partial charge on any atom is 0.161 e. The number of halogens is 3. The molecule has 0 amide bonds. The first kappa shape index (κ1) is 13.6. The van der Waals surface area contributed by atoms with Crippen LogP contribution in [0.15, 0.2) is 22.7 Å². The van der Waals surface area contributed by atoms with Gasteiger partial charge in [-0.1, -0.05) is 11.6 Å². The first-order chi connectivity index (χ1) is 9.06. The minimum atomic E-state index is 0.543. The van der Waals surface area contributed by atoms with Crippen LogP contribution in [0.2, 0.25) is 5.02 Å². The fraction of sp³-hybridized carbons (Fsp3) is 0.231. The number of rotatable bonds is 2. The van der Waals surface area contributed by atoms with E-state index >= 15 is 0 Å². The summed E-state index contributed by atoms with van der Waals surface area (Å²) in [5, 5.41) is 0.645. The molecule has 6 heteroatoms. The van der Waals surface area contributed by atoms with Crippen molar-refractivity contribution < 1.29 is 0 Å². The smallest absolute Gasteiger partial charge is 0.161 e. The second-order valence-corrected chi connectivity index (χ2v) is 6.88. The highest BCUT2D eigenvalue weighted by Gasteiger charge is 2.29. The predicted molar refractivity (Wildman–Crippen MR) is 89.3 cm³/mol. The molecule has 3 rings (SSSR count). The van der Waals surface area contributed by atoms with Crippen LogP contribution in [-0.2, 0) is 0 Å². The van der Waals surface area contributed by atoms with Crippen molar-refractivity contribution in [2.24, 2.45) is 0 Å². The fourth-order valence-corrected chi connectivity index (χ4v) is 2.98. The fourth-order valence-electron chi connectivity index (χ4n) is 1.87. The summed E-state index contributed by atoms with van der Waals surface area (Å²) >= 11 is 11.7. The lowest BCUT2D eigenvalue weighted by Crippen LogP contribution is -2.04. The average Bonchev–Trinajstić information content (AvgIpc) is 3.20. The summed E-state index contributed by atoms with van der Waals surface area (Å²) in [4.78, 5) is 9.03. The Hall–Kier alpha value is -0.400. The topological polar surface area (TPSA) is 51.8 Å². The summed E-state index contributed by atoms with van der Waals surface area (Å²) in [7, 11) is 0. The second-order valence-electron chi connectivity index (χ2n) is 4.53. The molecule has 1 aliphatic carbocycles. The van der Waals surface area contributed by atoms with Crippen LogP contribution in [0.1, 0.15) is 24.5 Å². The van der Waals surface area contributed by atoms with E-state index in [4.69, 9.17) is 17.3 Å². The van der Waals surface area contributed by atoms with E-state index in [0.717, 1.165) is 19.3 Å². The molecule has 1 fully saturated rings. The molecule has 0 aliphatic heterocycles. The molecule has 0 radical (unpaired) electrons. The predicted octanol–water partition coefficient (Wildman–Crippen LogP) is 4.62. The third kappa shape index (κ3) is 2.73. The molecule has 19 heavy (non-hydrogen) atoms. The van der Waals surface area contributed by atoms with Gasteiger partial charge in [0.1, 0.15) is 5.82 Å². The largest absolute Gasteiger partial charge is 0.383 e. The van der Waals surface area contributed by atoms with Gasteiger partial charge in [0.05, 0.1) is 14.3 Å². The average molecular weight is 451 g/mol. The van der Waals surface area contributed by atoms with E-state index in [1.165, 1.54) is 12.8 Å². The summed E-state index contributed by atoms with van der Waals surface area (Å²) in [5.41, 5.74) is 7.95. The van der Waals surface area contributed by atoms with Crippen LogP contribution in [0.3, 0.4) is 0 Å². The highest BCUT2D eigenvalue weighted by atomic mass is 127. The quantitative estimate of drug-likeness (QED) is 0.679. The lowest BCUT2D eigenvalue weighted by molar-refractivity contribution is 0.983. The van der Waals surface area contributed by atoms with Crippen molar-refractivity contribution in [1.29, 1.82) is 0 Å². The molecule has 3 nitrogen and oxygen atoms in total. The molecular weight excluding hydrogens is 440 g/mol. The van der Waals surface area contributed by atoms with E-state index in [-0.39, 0.29) is 0 Å². The molecule has 1 aromatic heterocycles. The number of nitrogens with zero attached hydrogens (tertiary/aromatic N) is 2. The zero-order valence-corrected chi connectivity index (χ0v) is 14.3. The maximum atomic E-state index is 6.11. The highest BCUT2D eigenvalue weighted by molar-refractivity contribution is 14.1. The lowest BCUT2D eigenvalue weighted by Gasteiger charge is -2.09. The van der Waals surface area contributed by atoms with Gasteiger partial charge < -0.3 is 5.73 Å². The Bertz CT molecular complexity index is 659. The molecule has 1 aliphatic rings. The van der Waals surface area contributed by atoms with Crippen molar-refractivity contribution in [3.8, 4) is 11.4 Å². The van der Waals surface area contributed by atoms with Gasteiger partial charge in [-0.15, -0.1) is 0 Å². The monoisotopic (exact) mass is 449 g/mol. The number of benzene rings is 1. The lowest BCUT2D eigenvalue weighted by atomic mass is 10.2. The first-order valence-electron chi connectivity index (χ1n) is 5.84. The summed E-state index contributed by atoms with van der Waals surface area (Å²) in [5.74, 6) is 1.74. The van der Waals surface area contributed by atoms with E-state index < -0.39 is 0 Å². The van der Waals surface area contributed by atoms with Crippen molar-refractivity contribution in [2.75, 3.05) is 5.73 Å². The summed E-state index contributed by atoms with van der Waals surface area (Å²) in [6.07, 6.45) is 2.37. The number of aromatic nitrogens is 2. The molecule has 1 aromatic carbocycles. The Labute approximate surface area is 138 Å². The molecule has 0 bridgehead atoms. The molecule has 2 N–H and O–H groups in total. The Balaban J connectivity index is 2.11. The Morgan fingerprint density at radius 3 is 2.68 bits per heavy atom. The van der Waals surface area contributed by atoms with Crippen molar-refractivity contribution in [3.63, 3.8) is 0 Å². The van der Waals surface area contributed by atoms with Crippen molar-refractivity contribution in [3.05, 3.63) is 37.0 Å². The Kier molecular flexibility index (Phi) is 3.70. The van der Waals surface area contributed by atoms with Gasteiger partial charge in [0, 0.05) is 16.0 Å². The van der Waals surface area contributed by atoms with Gasteiger partial charge in [0.2, 0.25) is 0 Å². The minimum absolute atomic E-state index is 0.543. The number of hydrogen-bond donors (Lipinski definition) is 1. The molecule has 98 valence electrons. The van der Waals surface area contributed by atoms with E-state index in [0.29, 0.717) is 22.6 Å². The molecular formula is C13H10BrClIN3. The van der Waals surface area contributed by atoms with E-state index in [1.807, 2.05) is 18.2 Å². The SMILES string of the molecule is Nc1nc(-c2ccc(Br)c(Cl)c2)nc(C2CC2)c1I. The van der Waals surface area contributed by atoms with Gasteiger partial charge in [0.15, 0.2) is 5.82 Å². The third-order valence-corrected chi connectivity index (χ3v) is 5.38. The maximum absolute atomic E-state index is 6.11. The van der Waals surface area contributed by atoms with Gasteiger partial charge in [-0.05, 0) is 69.6 Å². The van der Waals surface area contributed by atoms with Crippen LogP contribution in [0.4, 0.5) is 5.82 Å². The number of hydrogen-bond acceptors (Lipinski definition) is 3. The zero-order valence-electron chi connectivity index (χ0n) is 9.83. The second kappa shape index (κ2) is 5.18. The summed E-state index contributed by atoms with van der Waals surface area (Å²) < 4.78 is 1.84. The van der Waals surface area contributed by atoms with Crippen LogP contribution < -0.4 is 5.73 Å². The van der Waals surface area contributed by atoms with Crippen LogP contribution in [-0.4, -0.2) is 9.97 Å². The molecule has 0 spiro atoms. The third-order valence-electron chi connectivity index (χ3n) is 3.04. The van der Waals surface area contributed by atoms with Crippen LogP contribution >= 0.6 is 50.1 Å². The van der Waals surface area contributed by atoms with Gasteiger partial charge in [-0.3, -0.25) is 0 Å². The van der Waals surface area contributed by atoms with Crippen LogP contribution in [0.25, 0.3) is 11.4 Å². The summed E-state index contributed by atoms with van der Waals surface area (Å²) in [6, 6.07) is 5.68.